The van der Waals surface area contributed by atoms with Crippen molar-refractivity contribution < 1.29 is 13.2 Å². The molecule has 23 heavy (non-hydrogen) atoms. The van der Waals surface area contributed by atoms with E-state index in [1.165, 1.54) is 13.1 Å². The molecule has 3 heterocycles. The average molecular weight is 323 g/mol. The lowest BCUT2D eigenvalue weighted by molar-refractivity contribution is -0.141. The summed E-state index contributed by atoms with van der Waals surface area (Å²) < 4.78 is 39.5. The van der Waals surface area contributed by atoms with Gasteiger partial charge >= 0.3 is 6.18 Å². The van der Waals surface area contributed by atoms with Crippen LogP contribution in [0.3, 0.4) is 0 Å². The van der Waals surface area contributed by atoms with Gasteiger partial charge in [0.1, 0.15) is 5.65 Å². The lowest BCUT2D eigenvalue weighted by Crippen LogP contribution is -2.20. The third-order valence-electron chi connectivity index (χ3n) is 3.40. The zero-order valence-corrected chi connectivity index (χ0v) is 12.2. The zero-order valence-electron chi connectivity index (χ0n) is 12.2. The first-order valence-electron chi connectivity index (χ1n) is 6.66. The molecule has 0 unspecified atom stereocenters. The Bertz CT molecular complexity index is 942. The van der Waals surface area contributed by atoms with Gasteiger partial charge in [-0.1, -0.05) is 0 Å². The number of alkyl halides is 3. The van der Waals surface area contributed by atoms with Gasteiger partial charge < -0.3 is 10.3 Å². The first-order valence-corrected chi connectivity index (χ1v) is 6.66. The molecule has 0 aliphatic rings. The molecule has 0 amide bonds. The Balaban J connectivity index is 2.35. The van der Waals surface area contributed by atoms with Crippen molar-refractivity contribution in [3.05, 3.63) is 46.1 Å². The van der Waals surface area contributed by atoms with E-state index in [0.717, 1.165) is 10.7 Å². The Hall–Kier alpha value is -2.84. The molecule has 6 nitrogen and oxygen atoms in total. The summed E-state index contributed by atoms with van der Waals surface area (Å²) in [5, 5.41) is 6.97. The Morgan fingerprint density at radius 1 is 1.35 bits per heavy atom. The Morgan fingerprint density at radius 2 is 2.09 bits per heavy atom. The molecule has 0 saturated heterocycles. The van der Waals surface area contributed by atoms with E-state index in [1.807, 2.05) is 0 Å². The van der Waals surface area contributed by atoms with E-state index in [-0.39, 0.29) is 11.4 Å². The number of halogens is 3. The minimum absolute atomic E-state index is 0.0130. The van der Waals surface area contributed by atoms with Crippen molar-refractivity contribution in [2.24, 2.45) is 0 Å². The van der Waals surface area contributed by atoms with E-state index in [0.29, 0.717) is 16.7 Å². The molecular weight excluding hydrogens is 311 g/mol. The van der Waals surface area contributed by atoms with Crippen LogP contribution in [0.4, 0.5) is 18.9 Å². The van der Waals surface area contributed by atoms with Gasteiger partial charge in [-0.3, -0.25) is 4.79 Å². The number of aromatic amines is 1. The van der Waals surface area contributed by atoms with Crippen LogP contribution in [0.5, 0.6) is 0 Å². The van der Waals surface area contributed by atoms with Crippen molar-refractivity contribution in [1.82, 2.24) is 19.7 Å². The number of fused-ring (bicyclic) bond motifs is 1. The van der Waals surface area contributed by atoms with Crippen LogP contribution in [0.1, 0.15) is 11.4 Å². The van der Waals surface area contributed by atoms with Crippen molar-refractivity contribution in [3.8, 4) is 5.69 Å². The molecule has 0 aliphatic carbocycles. The van der Waals surface area contributed by atoms with Gasteiger partial charge in [-0.25, -0.2) is 9.67 Å². The molecule has 0 radical (unpaired) electrons. The summed E-state index contributed by atoms with van der Waals surface area (Å²) in [5.41, 5.74) is -0.755. The van der Waals surface area contributed by atoms with Gasteiger partial charge in [-0.05, 0) is 25.1 Å². The van der Waals surface area contributed by atoms with Crippen LogP contribution in [0, 0.1) is 6.92 Å². The molecule has 0 fully saturated rings. The van der Waals surface area contributed by atoms with Crippen LogP contribution in [-0.4, -0.2) is 26.8 Å². The molecule has 2 N–H and O–H groups in total. The van der Waals surface area contributed by atoms with Crippen molar-refractivity contribution >= 4 is 16.7 Å². The standard InChI is InChI=1S/C14H12F3N5O/c1-7-6-9(14(15,16)17)21-22(7)11-10(18-2)8-4-3-5-19-12(8)20-13(11)23/h3-6H,1-2H3,(H2,18,19,20,23). The average Bonchev–Trinajstić information content (AvgIpc) is 2.87. The van der Waals surface area contributed by atoms with Crippen molar-refractivity contribution in [1.29, 1.82) is 0 Å². The molecule has 0 bridgehead atoms. The third-order valence-corrected chi connectivity index (χ3v) is 3.40. The number of rotatable bonds is 2. The van der Waals surface area contributed by atoms with Crippen LogP contribution < -0.4 is 10.9 Å². The zero-order chi connectivity index (χ0) is 16.8. The second-order valence-electron chi connectivity index (χ2n) is 4.91. The maximum Gasteiger partial charge on any atom is 0.435 e. The van der Waals surface area contributed by atoms with Crippen LogP contribution in [-0.2, 0) is 6.18 Å². The fourth-order valence-electron chi connectivity index (χ4n) is 2.41. The summed E-state index contributed by atoms with van der Waals surface area (Å²) in [7, 11) is 1.58. The molecule has 3 aromatic rings. The monoisotopic (exact) mass is 323 g/mol. The highest BCUT2D eigenvalue weighted by atomic mass is 19.4. The fourth-order valence-corrected chi connectivity index (χ4v) is 2.41. The highest BCUT2D eigenvalue weighted by molar-refractivity contribution is 5.93. The van der Waals surface area contributed by atoms with Gasteiger partial charge in [0.15, 0.2) is 11.4 Å². The number of pyridine rings is 2. The van der Waals surface area contributed by atoms with Gasteiger partial charge in [-0.15, -0.1) is 0 Å². The van der Waals surface area contributed by atoms with E-state index in [9.17, 15) is 18.0 Å². The highest BCUT2D eigenvalue weighted by Crippen LogP contribution is 2.31. The van der Waals surface area contributed by atoms with Crippen LogP contribution >= 0.6 is 0 Å². The Labute approximate surface area is 128 Å². The largest absolute Gasteiger partial charge is 0.435 e. The van der Waals surface area contributed by atoms with E-state index in [2.05, 4.69) is 20.4 Å². The summed E-state index contributed by atoms with van der Waals surface area (Å²) in [6.07, 6.45) is -3.07. The number of H-pyrrole nitrogens is 1. The molecule has 3 rings (SSSR count). The molecule has 120 valence electrons. The van der Waals surface area contributed by atoms with Gasteiger partial charge in [0.05, 0.1) is 5.69 Å². The van der Waals surface area contributed by atoms with E-state index < -0.39 is 17.4 Å². The lowest BCUT2D eigenvalue weighted by Gasteiger charge is -2.12. The van der Waals surface area contributed by atoms with Crippen LogP contribution in [0.15, 0.2) is 29.2 Å². The molecule has 9 heteroatoms. The predicted octanol–water partition coefficient (Wildman–Crippen LogP) is 2.48. The maximum atomic E-state index is 12.8. The van der Waals surface area contributed by atoms with Crippen LogP contribution in [0.2, 0.25) is 0 Å². The van der Waals surface area contributed by atoms with Crippen molar-refractivity contribution in [2.75, 3.05) is 12.4 Å². The summed E-state index contributed by atoms with van der Waals surface area (Å²) in [6.45, 7) is 1.45. The minimum Gasteiger partial charge on any atom is -0.386 e. The number of nitrogens with one attached hydrogen (secondary N) is 2. The number of hydrogen-bond donors (Lipinski definition) is 2. The second-order valence-corrected chi connectivity index (χ2v) is 4.91. The first kappa shape index (κ1) is 15.1. The number of aromatic nitrogens is 4. The third kappa shape index (κ3) is 2.43. The summed E-state index contributed by atoms with van der Waals surface area (Å²) in [6, 6.07) is 4.27. The van der Waals surface area contributed by atoms with Crippen LogP contribution in [0.25, 0.3) is 16.7 Å². The summed E-state index contributed by atoms with van der Waals surface area (Å²) >= 11 is 0. The van der Waals surface area contributed by atoms with E-state index in [4.69, 9.17) is 0 Å². The SMILES string of the molecule is CNc1c(-n2nc(C(F)(F)F)cc2C)c(=O)[nH]c2ncccc12. The van der Waals surface area contributed by atoms with Gasteiger partial charge in [0.2, 0.25) is 0 Å². The number of aryl methyl sites for hydroxylation is 1. The Kier molecular flexibility index (Phi) is 3.35. The smallest absolute Gasteiger partial charge is 0.386 e. The number of anilines is 1. The molecule has 0 spiro atoms. The lowest BCUT2D eigenvalue weighted by atomic mass is 10.2. The Morgan fingerprint density at radius 3 is 2.70 bits per heavy atom. The maximum absolute atomic E-state index is 12.8. The van der Waals surface area contributed by atoms with Gasteiger partial charge in [-0.2, -0.15) is 18.3 Å². The normalized spacial score (nSPS) is 11.9. The first-order chi connectivity index (χ1) is 10.8. The second kappa shape index (κ2) is 5.11. The molecule has 0 saturated carbocycles. The fraction of sp³-hybridized carbons (Fsp3) is 0.214. The van der Waals surface area contributed by atoms with E-state index in [1.54, 1.807) is 19.2 Å². The molecule has 0 aromatic carbocycles. The van der Waals surface area contributed by atoms with Gasteiger partial charge in [0.25, 0.3) is 5.56 Å². The van der Waals surface area contributed by atoms with E-state index >= 15 is 0 Å². The molecule has 3 aromatic heterocycles. The molecule has 0 atom stereocenters. The minimum atomic E-state index is -4.58. The summed E-state index contributed by atoms with van der Waals surface area (Å²) in [4.78, 5) is 19.0. The van der Waals surface area contributed by atoms with Crippen molar-refractivity contribution in [3.63, 3.8) is 0 Å². The molecule has 0 aliphatic heterocycles. The quantitative estimate of drug-likeness (QED) is 0.760. The van der Waals surface area contributed by atoms with Gasteiger partial charge in [0, 0.05) is 24.3 Å². The van der Waals surface area contributed by atoms with Crippen molar-refractivity contribution in [2.45, 2.75) is 13.1 Å². The highest BCUT2D eigenvalue weighted by Gasteiger charge is 2.35. The topological polar surface area (TPSA) is 75.6 Å². The number of hydrogen-bond acceptors (Lipinski definition) is 4. The summed E-state index contributed by atoms with van der Waals surface area (Å²) in [5.74, 6) is 0. The predicted molar refractivity (Wildman–Crippen MR) is 78.8 cm³/mol. The number of nitrogens with zero attached hydrogens (tertiary/aromatic N) is 3. The molecular formula is C14H12F3N5O.